The van der Waals surface area contributed by atoms with Crippen molar-refractivity contribution in [3.05, 3.63) is 53.9 Å². The molecule has 0 atom stereocenters. The van der Waals surface area contributed by atoms with Gasteiger partial charge in [-0.3, -0.25) is 4.79 Å². The van der Waals surface area contributed by atoms with Crippen LogP contribution < -0.4 is 10.1 Å². The number of benzene rings is 1. The summed E-state index contributed by atoms with van der Waals surface area (Å²) >= 11 is 0. The Balaban J connectivity index is 1.75. The number of rotatable bonds is 6. The maximum Gasteiger partial charge on any atom is 0.224 e. The predicted molar refractivity (Wildman–Crippen MR) is 74.2 cm³/mol. The third kappa shape index (κ3) is 4.17. The average molecular weight is 258 g/mol. The lowest BCUT2D eigenvalue weighted by atomic mass is 10.1. The van der Waals surface area contributed by atoms with Crippen molar-refractivity contribution in [2.45, 2.75) is 12.8 Å². The number of hydrogen-bond donors (Lipinski definition) is 2. The molecule has 0 spiro atoms. The highest BCUT2D eigenvalue weighted by Crippen LogP contribution is 2.12. The summed E-state index contributed by atoms with van der Waals surface area (Å²) in [5, 5.41) is 2.91. The molecule has 100 valence electrons. The standard InChI is InChI=1S/C15H18N2O2/c1-19-14-4-2-3-12(9-14)6-8-17-15(18)10-13-5-7-16-11-13/h2-5,7,9,11,16H,6,8,10H2,1H3,(H,17,18). The van der Waals surface area contributed by atoms with E-state index in [9.17, 15) is 4.79 Å². The van der Waals surface area contributed by atoms with E-state index in [1.54, 1.807) is 7.11 Å². The van der Waals surface area contributed by atoms with Gasteiger partial charge in [0.25, 0.3) is 0 Å². The molecule has 2 aromatic rings. The van der Waals surface area contributed by atoms with Crippen LogP contribution in [-0.2, 0) is 17.6 Å². The highest BCUT2D eigenvalue weighted by Gasteiger charge is 2.03. The van der Waals surface area contributed by atoms with E-state index in [1.165, 1.54) is 0 Å². The van der Waals surface area contributed by atoms with E-state index in [4.69, 9.17) is 4.74 Å². The number of nitrogens with one attached hydrogen (secondary N) is 2. The SMILES string of the molecule is COc1cccc(CCNC(=O)Cc2cc[nH]c2)c1. The van der Waals surface area contributed by atoms with Gasteiger partial charge in [0, 0.05) is 18.9 Å². The van der Waals surface area contributed by atoms with Crippen LogP contribution in [-0.4, -0.2) is 24.5 Å². The number of carbonyl (C=O) groups excluding carboxylic acids is 1. The van der Waals surface area contributed by atoms with Gasteiger partial charge >= 0.3 is 0 Å². The van der Waals surface area contributed by atoms with Crippen molar-refractivity contribution in [3.8, 4) is 5.75 Å². The number of amides is 1. The van der Waals surface area contributed by atoms with Gasteiger partial charge in [-0.25, -0.2) is 0 Å². The van der Waals surface area contributed by atoms with Crippen molar-refractivity contribution in [1.82, 2.24) is 10.3 Å². The van der Waals surface area contributed by atoms with Crippen LogP contribution >= 0.6 is 0 Å². The van der Waals surface area contributed by atoms with Gasteiger partial charge in [0.1, 0.15) is 5.75 Å². The Bertz CT molecular complexity index is 521. The second kappa shape index (κ2) is 6.64. The van der Waals surface area contributed by atoms with Gasteiger partial charge < -0.3 is 15.0 Å². The molecular weight excluding hydrogens is 240 g/mol. The lowest BCUT2D eigenvalue weighted by molar-refractivity contribution is -0.120. The van der Waals surface area contributed by atoms with Crippen LogP contribution in [0.3, 0.4) is 0 Å². The minimum atomic E-state index is 0.0440. The molecule has 0 aliphatic heterocycles. The van der Waals surface area contributed by atoms with Crippen molar-refractivity contribution in [3.63, 3.8) is 0 Å². The summed E-state index contributed by atoms with van der Waals surface area (Å²) in [6.45, 7) is 0.635. The number of carbonyl (C=O) groups is 1. The molecule has 0 saturated heterocycles. The van der Waals surface area contributed by atoms with Crippen LogP contribution in [0, 0.1) is 0 Å². The molecule has 0 fully saturated rings. The summed E-state index contributed by atoms with van der Waals surface area (Å²) in [7, 11) is 1.65. The topological polar surface area (TPSA) is 54.1 Å². The smallest absolute Gasteiger partial charge is 0.224 e. The average Bonchev–Trinajstić information content (AvgIpc) is 2.92. The molecule has 2 rings (SSSR count). The van der Waals surface area contributed by atoms with Crippen LogP contribution in [0.5, 0.6) is 5.75 Å². The summed E-state index contributed by atoms with van der Waals surface area (Å²) in [5.41, 5.74) is 2.15. The van der Waals surface area contributed by atoms with Gasteiger partial charge in [-0.2, -0.15) is 0 Å². The molecule has 1 heterocycles. The molecule has 4 heteroatoms. The normalized spacial score (nSPS) is 10.2. The lowest BCUT2D eigenvalue weighted by Crippen LogP contribution is -2.27. The van der Waals surface area contributed by atoms with E-state index in [2.05, 4.69) is 10.3 Å². The minimum absolute atomic E-state index is 0.0440. The molecule has 1 aromatic carbocycles. The summed E-state index contributed by atoms with van der Waals surface area (Å²) in [6, 6.07) is 9.78. The van der Waals surface area contributed by atoms with E-state index in [0.717, 1.165) is 23.3 Å². The molecule has 2 N–H and O–H groups in total. The first kappa shape index (κ1) is 13.2. The van der Waals surface area contributed by atoms with Gasteiger partial charge in [0.2, 0.25) is 5.91 Å². The fourth-order valence-corrected chi connectivity index (χ4v) is 1.89. The Labute approximate surface area is 112 Å². The molecule has 0 radical (unpaired) electrons. The van der Waals surface area contributed by atoms with Crippen molar-refractivity contribution in [2.24, 2.45) is 0 Å². The number of aromatic nitrogens is 1. The Morgan fingerprint density at radius 1 is 1.32 bits per heavy atom. The number of aromatic amines is 1. The first-order chi connectivity index (χ1) is 9.28. The zero-order valence-corrected chi connectivity index (χ0v) is 11.0. The predicted octanol–water partition coefficient (Wildman–Crippen LogP) is 1.92. The molecule has 0 aliphatic rings. The van der Waals surface area contributed by atoms with Gasteiger partial charge in [-0.05, 0) is 35.7 Å². The zero-order valence-electron chi connectivity index (χ0n) is 11.0. The Hall–Kier alpha value is -2.23. The Morgan fingerprint density at radius 3 is 2.95 bits per heavy atom. The fourth-order valence-electron chi connectivity index (χ4n) is 1.89. The van der Waals surface area contributed by atoms with E-state index >= 15 is 0 Å². The quantitative estimate of drug-likeness (QED) is 0.831. The maximum absolute atomic E-state index is 11.7. The van der Waals surface area contributed by atoms with E-state index in [0.29, 0.717) is 13.0 Å². The maximum atomic E-state index is 11.7. The first-order valence-electron chi connectivity index (χ1n) is 6.29. The van der Waals surface area contributed by atoms with Gasteiger partial charge in [0.15, 0.2) is 0 Å². The molecule has 1 aromatic heterocycles. The van der Waals surface area contributed by atoms with Crippen molar-refractivity contribution in [1.29, 1.82) is 0 Å². The molecular formula is C15H18N2O2. The van der Waals surface area contributed by atoms with Gasteiger partial charge in [0.05, 0.1) is 13.5 Å². The van der Waals surface area contributed by atoms with Crippen LogP contribution in [0.25, 0.3) is 0 Å². The highest BCUT2D eigenvalue weighted by atomic mass is 16.5. The van der Waals surface area contributed by atoms with Crippen molar-refractivity contribution in [2.75, 3.05) is 13.7 Å². The van der Waals surface area contributed by atoms with Crippen LogP contribution in [0.4, 0.5) is 0 Å². The first-order valence-corrected chi connectivity index (χ1v) is 6.29. The van der Waals surface area contributed by atoms with Crippen molar-refractivity contribution < 1.29 is 9.53 Å². The zero-order chi connectivity index (χ0) is 13.5. The molecule has 0 unspecified atom stereocenters. The monoisotopic (exact) mass is 258 g/mol. The van der Waals surface area contributed by atoms with Crippen LogP contribution in [0.2, 0.25) is 0 Å². The summed E-state index contributed by atoms with van der Waals surface area (Å²) in [5.74, 6) is 0.888. The molecule has 0 aliphatic carbocycles. The van der Waals surface area contributed by atoms with Gasteiger partial charge in [-0.1, -0.05) is 12.1 Å². The highest BCUT2D eigenvalue weighted by molar-refractivity contribution is 5.78. The summed E-state index contributed by atoms with van der Waals surface area (Å²) in [6.07, 6.45) is 4.87. The van der Waals surface area contributed by atoms with Crippen LogP contribution in [0.15, 0.2) is 42.7 Å². The minimum Gasteiger partial charge on any atom is -0.497 e. The summed E-state index contributed by atoms with van der Waals surface area (Å²) < 4.78 is 5.16. The fraction of sp³-hybridized carbons (Fsp3) is 0.267. The molecule has 1 amide bonds. The Morgan fingerprint density at radius 2 is 2.21 bits per heavy atom. The van der Waals surface area contributed by atoms with Gasteiger partial charge in [-0.15, -0.1) is 0 Å². The molecule has 0 bridgehead atoms. The number of H-pyrrole nitrogens is 1. The Kier molecular flexibility index (Phi) is 4.61. The number of ether oxygens (including phenoxy) is 1. The largest absolute Gasteiger partial charge is 0.497 e. The van der Waals surface area contributed by atoms with Crippen molar-refractivity contribution >= 4 is 5.91 Å². The molecule has 4 nitrogen and oxygen atoms in total. The van der Waals surface area contributed by atoms with E-state index < -0.39 is 0 Å². The van der Waals surface area contributed by atoms with E-state index in [-0.39, 0.29) is 5.91 Å². The molecule has 0 saturated carbocycles. The van der Waals surface area contributed by atoms with Crippen LogP contribution in [0.1, 0.15) is 11.1 Å². The molecule has 19 heavy (non-hydrogen) atoms. The second-order valence-electron chi connectivity index (χ2n) is 4.35. The van der Waals surface area contributed by atoms with E-state index in [1.807, 2.05) is 42.7 Å². The second-order valence-corrected chi connectivity index (χ2v) is 4.35. The summed E-state index contributed by atoms with van der Waals surface area (Å²) in [4.78, 5) is 14.6. The number of methoxy groups -OCH3 is 1. The number of hydrogen-bond acceptors (Lipinski definition) is 2. The third-order valence-corrected chi connectivity index (χ3v) is 2.90. The third-order valence-electron chi connectivity index (χ3n) is 2.90. The lowest BCUT2D eigenvalue weighted by Gasteiger charge is -2.06.